The first kappa shape index (κ1) is 13.6. The minimum atomic E-state index is -2.67. The third-order valence-electron chi connectivity index (χ3n) is 1.61. The van der Waals surface area contributed by atoms with Crippen LogP contribution in [-0.4, -0.2) is 46.9 Å². The van der Waals surface area contributed by atoms with Crippen LogP contribution in [0.5, 0.6) is 0 Å². The van der Waals surface area contributed by atoms with Crippen molar-refractivity contribution in [2.45, 2.75) is 6.42 Å². The molecule has 0 amide bonds. The van der Waals surface area contributed by atoms with Gasteiger partial charge in [-0.2, -0.15) is 4.79 Å². The van der Waals surface area contributed by atoms with Gasteiger partial charge in [-0.15, -0.1) is 0 Å². The van der Waals surface area contributed by atoms with Gasteiger partial charge in [-0.1, -0.05) is 0 Å². The highest BCUT2D eigenvalue weighted by Crippen LogP contribution is 2.08. The Labute approximate surface area is 88.0 Å². The summed E-state index contributed by atoms with van der Waals surface area (Å²) in [5, 5.41) is 13.9. The van der Waals surface area contributed by atoms with Crippen molar-refractivity contribution in [3.05, 3.63) is 29.5 Å². The van der Waals surface area contributed by atoms with Crippen molar-refractivity contribution in [3.63, 3.8) is 0 Å². The molecule has 1 aliphatic carbocycles. The van der Waals surface area contributed by atoms with Crippen molar-refractivity contribution in [3.8, 4) is 0 Å². The van der Waals surface area contributed by atoms with Crippen LogP contribution < -0.4 is 0 Å². The van der Waals surface area contributed by atoms with Crippen LogP contribution in [0, 0.1) is 0 Å². The van der Waals surface area contributed by atoms with Crippen molar-refractivity contribution in [2.75, 3.05) is 14.1 Å². The lowest BCUT2D eigenvalue weighted by atomic mass is 10.1. The van der Waals surface area contributed by atoms with E-state index in [0.717, 1.165) is 5.70 Å². The second-order valence-electron chi connectivity index (χ2n) is 2.96. The summed E-state index contributed by atoms with van der Waals surface area (Å²) in [7, 11) is 1.30. The SMILES string of the molecule is CN(C)C1=CCC(=[N+]=[N-])C=C1.OB(O)F. The van der Waals surface area contributed by atoms with E-state index in [1.165, 1.54) is 0 Å². The molecular weight excluding hydrogens is 200 g/mol. The molecule has 0 saturated heterocycles. The molecule has 0 bridgehead atoms. The summed E-state index contributed by atoms with van der Waals surface area (Å²) in [6.07, 6.45) is 6.48. The molecule has 5 nitrogen and oxygen atoms in total. The van der Waals surface area contributed by atoms with E-state index in [9.17, 15) is 4.32 Å². The summed E-state index contributed by atoms with van der Waals surface area (Å²) >= 11 is 0. The standard InChI is InChI=1S/C8H11N3.BFH2O2/c1-11(2)8-5-3-7(10-9)4-6-8;2-1(3)4/h3,5-6H,4H2,1-2H3;3-4H. The molecule has 15 heavy (non-hydrogen) atoms. The molecule has 0 unspecified atom stereocenters. The Morgan fingerprint density at radius 2 is 2.00 bits per heavy atom. The van der Waals surface area contributed by atoms with E-state index in [0.29, 0.717) is 12.1 Å². The average molecular weight is 213 g/mol. The van der Waals surface area contributed by atoms with Crippen LogP contribution in [0.3, 0.4) is 0 Å². The predicted octanol–water partition coefficient (Wildman–Crippen LogP) is -0.0120. The van der Waals surface area contributed by atoms with Crippen LogP contribution in [0.25, 0.3) is 5.53 Å². The van der Waals surface area contributed by atoms with Gasteiger partial charge < -0.3 is 20.5 Å². The smallest absolute Gasteiger partial charge is 0.398 e. The largest absolute Gasteiger partial charge is 0.674 e. The monoisotopic (exact) mass is 213 g/mol. The zero-order valence-electron chi connectivity index (χ0n) is 8.63. The Balaban J connectivity index is 0.000000423. The van der Waals surface area contributed by atoms with Crippen molar-refractivity contribution in [2.24, 2.45) is 0 Å². The lowest BCUT2D eigenvalue weighted by Gasteiger charge is -2.14. The van der Waals surface area contributed by atoms with Crippen LogP contribution in [0.1, 0.15) is 6.42 Å². The molecule has 82 valence electrons. The molecular formula is C8H13BFN3O2. The quantitative estimate of drug-likeness (QED) is 0.365. The van der Waals surface area contributed by atoms with Gasteiger partial charge in [0.25, 0.3) is 5.71 Å². The zero-order valence-corrected chi connectivity index (χ0v) is 8.63. The average Bonchev–Trinajstić information content (AvgIpc) is 2.17. The van der Waals surface area contributed by atoms with E-state index in [1.807, 2.05) is 37.2 Å². The summed E-state index contributed by atoms with van der Waals surface area (Å²) in [5.74, 6) is 0. The Kier molecular flexibility index (Phi) is 6.29. The maximum Gasteiger partial charge on any atom is 0.674 e. The van der Waals surface area contributed by atoms with Gasteiger partial charge in [-0.25, -0.2) is 0 Å². The second-order valence-corrected chi connectivity index (χ2v) is 2.96. The van der Waals surface area contributed by atoms with E-state index in [4.69, 9.17) is 15.6 Å². The van der Waals surface area contributed by atoms with Crippen LogP contribution in [0.15, 0.2) is 23.9 Å². The predicted molar refractivity (Wildman–Crippen MR) is 55.5 cm³/mol. The summed E-state index contributed by atoms with van der Waals surface area (Å²) in [6.45, 7) is 0. The number of rotatable bonds is 1. The van der Waals surface area contributed by atoms with Gasteiger partial charge in [-0.3, -0.25) is 4.32 Å². The fourth-order valence-electron chi connectivity index (χ4n) is 0.933. The van der Waals surface area contributed by atoms with Gasteiger partial charge in [0.1, 0.15) is 0 Å². The summed E-state index contributed by atoms with van der Waals surface area (Å²) in [5.41, 5.74) is 10.3. The molecule has 0 radical (unpaired) electrons. The van der Waals surface area contributed by atoms with Crippen LogP contribution >= 0.6 is 0 Å². The van der Waals surface area contributed by atoms with Crippen LogP contribution in [-0.2, 0) is 0 Å². The first-order valence-corrected chi connectivity index (χ1v) is 4.24. The molecule has 0 heterocycles. The van der Waals surface area contributed by atoms with Gasteiger partial charge in [-0.05, 0) is 12.2 Å². The van der Waals surface area contributed by atoms with Gasteiger partial charge >= 0.3 is 7.40 Å². The van der Waals surface area contributed by atoms with Crippen LogP contribution in [0.4, 0.5) is 4.32 Å². The highest BCUT2D eigenvalue weighted by molar-refractivity contribution is 6.31. The fraction of sp³-hybridized carbons (Fsp3) is 0.375. The number of hydrogen-bond donors (Lipinski definition) is 2. The van der Waals surface area contributed by atoms with E-state index in [2.05, 4.69) is 4.79 Å². The van der Waals surface area contributed by atoms with E-state index in [-0.39, 0.29) is 0 Å². The number of hydrogen-bond acceptors (Lipinski definition) is 3. The fourth-order valence-corrected chi connectivity index (χ4v) is 0.933. The molecule has 1 aliphatic rings. The molecule has 0 aliphatic heterocycles. The number of allylic oxidation sites excluding steroid dienone is 3. The van der Waals surface area contributed by atoms with Gasteiger partial charge in [0, 0.05) is 25.9 Å². The minimum absolute atomic E-state index is 0.704. The Bertz CT molecular complexity index is 306. The molecule has 0 atom stereocenters. The minimum Gasteiger partial charge on any atom is -0.398 e. The molecule has 1 rings (SSSR count). The summed E-state index contributed by atoms with van der Waals surface area (Å²) in [6, 6.07) is 0. The lowest BCUT2D eigenvalue weighted by molar-refractivity contribution is -0.00545. The van der Waals surface area contributed by atoms with Crippen LogP contribution in [0.2, 0.25) is 0 Å². The maximum absolute atomic E-state index is 10.1. The topological polar surface area (TPSA) is 80.1 Å². The van der Waals surface area contributed by atoms with Gasteiger partial charge in [0.05, 0.1) is 6.42 Å². The summed E-state index contributed by atoms with van der Waals surface area (Å²) in [4.78, 5) is 5.13. The molecule has 0 aromatic rings. The Morgan fingerprint density at radius 1 is 1.47 bits per heavy atom. The van der Waals surface area contributed by atoms with Crippen molar-refractivity contribution in [1.29, 1.82) is 0 Å². The number of halogens is 1. The van der Waals surface area contributed by atoms with Crippen molar-refractivity contribution < 1.29 is 19.2 Å². The van der Waals surface area contributed by atoms with Crippen molar-refractivity contribution >= 4 is 13.1 Å². The molecule has 0 aromatic heterocycles. The normalized spacial score (nSPS) is 13.4. The molecule has 0 spiro atoms. The Morgan fingerprint density at radius 3 is 2.27 bits per heavy atom. The zero-order chi connectivity index (χ0) is 11.8. The third kappa shape index (κ3) is 6.62. The molecule has 2 N–H and O–H groups in total. The highest BCUT2D eigenvalue weighted by atomic mass is 19.1. The molecule has 7 heteroatoms. The molecule has 0 saturated carbocycles. The van der Waals surface area contributed by atoms with Crippen molar-refractivity contribution in [1.82, 2.24) is 4.90 Å². The van der Waals surface area contributed by atoms with E-state index in [1.54, 1.807) is 0 Å². The third-order valence-corrected chi connectivity index (χ3v) is 1.61. The molecule has 0 aromatic carbocycles. The van der Waals surface area contributed by atoms with E-state index >= 15 is 0 Å². The number of nitrogens with zero attached hydrogens (tertiary/aromatic N) is 3. The number of likely N-dealkylation sites (N-methyl/N-ethyl adjacent to an activating group) is 1. The Hall–Kier alpha value is -1.43. The van der Waals surface area contributed by atoms with E-state index < -0.39 is 7.40 Å². The first-order valence-electron chi connectivity index (χ1n) is 4.24. The van der Waals surface area contributed by atoms with Gasteiger partial charge in [0.2, 0.25) is 0 Å². The maximum atomic E-state index is 10.1. The molecule has 0 fully saturated rings. The second kappa shape index (κ2) is 6.95. The summed E-state index contributed by atoms with van der Waals surface area (Å²) < 4.78 is 10.1. The van der Waals surface area contributed by atoms with Gasteiger partial charge in [0.15, 0.2) is 0 Å². The lowest BCUT2D eigenvalue weighted by Crippen LogP contribution is -2.12. The first-order chi connectivity index (χ1) is 6.97. The highest BCUT2D eigenvalue weighted by Gasteiger charge is 2.08.